The van der Waals surface area contributed by atoms with Crippen LogP contribution in [0, 0.1) is 0 Å². The van der Waals surface area contributed by atoms with E-state index in [2.05, 4.69) is 6.92 Å². The Morgan fingerprint density at radius 3 is 2.15 bits per heavy atom. The van der Waals surface area contributed by atoms with Gasteiger partial charge < -0.3 is 9.04 Å². The fraction of sp³-hybridized carbons (Fsp3) is 1.00. The maximum atomic E-state index is 10.3. The molecular weight excluding hydrogens is 190 g/mol. The molecule has 0 amide bonds. The zero-order valence-electron chi connectivity index (χ0n) is 8.62. The zero-order chi connectivity index (χ0) is 10.5. The number of hydrogen-bond acceptors (Lipinski definition) is 3. The summed E-state index contributed by atoms with van der Waals surface area (Å²) in [7, 11) is 0.0637. The van der Waals surface area contributed by atoms with Crippen LogP contribution in [0.4, 0.5) is 0 Å². The van der Waals surface area contributed by atoms with E-state index in [1.165, 1.54) is 0 Å². The monoisotopic (exact) mass is 209 g/mol. The minimum Gasteiger partial charge on any atom is -0.748 e. The highest BCUT2D eigenvalue weighted by Crippen LogP contribution is 2.02. The Morgan fingerprint density at radius 1 is 1.23 bits per heavy atom. The normalized spacial score (nSPS) is 13.2. The maximum absolute atomic E-state index is 10.3. The molecule has 0 fully saturated rings. The van der Waals surface area contributed by atoms with E-state index in [0.717, 1.165) is 24.0 Å². The molecule has 4 nitrogen and oxygen atoms in total. The quantitative estimate of drug-likeness (QED) is 0.470. The third kappa shape index (κ3) is 8.21. The topological polar surface area (TPSA) is 57.2 Å². The van der Waals surface area contributed by atoms with Gasteiger partial charge in [0, 0.05) is 12.2 Å². The van der Waals surface area contributed by atoms with Gasteiger partial charge in [0.15, 0.2) is 0 Å². The first-order valence-electron chi connectivity index (χ1n) is 4.52. The molecule has 0 aliphatic carbocycles. The van der Waals surface area contributed by atoms with Gasteiger partial charge in [0.2, 0.25) is 0 Å². The van der Waals surface area contributed by atoms with Gasteiger partial charge >= 0.3 is 0 Å². The molecule has 0 radical (unpaired) electrons. The molecule has 0 heterocycles. The van der Waals surface area contributed by atoms with Crippen molar-refractivity contribution in [1.29, 1.82) is 0 Å². The summed E-state index contributed by atoms with van der Waals surface area (Å²) in [6, 6.07) is 0. The first-order chi connectivity index (χ1) is 5.77. The van der Waals surface area contributed by atoms with E-state index in [9.17, 15) is 13.0 Å². The summed E-state index contributed by atoms with van der Waals surface area (Å²) >= 11 is 0. The third-order valence-corrected chi connectivity index (χ3v) is 2.78. The summed E-state index contributed by atoms with van der Waals surface area (Å²) in [6.07, 6.45) is 1.52. The minimum absolute atomic E-state index is 0.238. The molecule has 80 valence electrons. The molecular formula is C8H19NO3S. The van der Waals surface area contributed by atoms with Gasteiger partial charge in [0.05, 0.1) is 37.3 Å². The first kappa shape index (κ1) is 12.9. The van der Waals surface area contributed by atoms with Crippen molar-refractivity contribution in [2.45, 2.75) is 19.8 Å². The van der Waals surface area contributed by atoms with Crippen LogP contribution in [0.3, 0.4) is 0 Å². The van der Waals surface area contributed by atoms with Crippen LogP contribution in [-0.4, -0.2) is 50.4 Å². The Kier molecular flexibility index (Phi) is 4.88. The second-order valence-corrected chi connectivity index (χ2v) is 5.52. The molecule has 0 unspecified atom stereocenters. The van der Waals surface area contributed by atoms with Gasteiger partial charge in [-0.2, -0.15) is 0 Å². The fourth-order valence-corrected chi connectivity index (χ4v) is 1.87. The molecule has 0 atom stereocenters. The van der Waals surface area contributed by atoms with Crippen LogP contribution in [0.2, 0.25) is 0 Å². The SMILES string of the molecule is CCC[N+](C)(C)CCCS(=O)(=O)[O-]. The Labute approximate surface area is 80.9 Å². The van der Waals surface area contributed by atoms with E-state index in [0.29, 0.717) is 6.42 Å². The van der Waals surface area contributed by atoms with E-state index < -0.39 is 10.1 Å². The largest absolute Gasteiger partial charge is 0.748 e. The van der Waals surface area contributed by atoms with Crippen LogP contribution in [0.5, 0.6) is 0 Å². The summed E-state index contributed by atoms with van der Waals surface area (Å²) in [5.74, 6) is -0.238. The van der Waals surface area contributed by atoms with E-state index in [1.54, 1.807) is 0 Å². The van der Waals surface area contributed by atoms with E-state index in [1.807, 2.05) is 14.1 Å². The highest BCUT2D eigenvalue weighted by molar-refractivity contribution is 7.85. The van der Waals surface area contributed by atoms with Crippen LogP contribution in [0.15, 0.2) is 0 Å². The molecule has 0 aromatic heterocycles. The van der Waals surface area contributed by atoms with Crippen molar-refractivity contribution in [1.82, 2.24) is 0 Å². The second-order valence-electron chi connectivity index (χ2n) is 4.00. The number of rotatable bonds is 6. The van der Waals surface area contributed by atoms with Gasteiger partial charge in [-0.05, 0) is 6.42 Å². The molecule has 13 heavy (non-hydrogen) atoms. The molecule has 0 saturated heterocycles. The molecule has 0 spiro atoms. The Hall–Kier alpha value is -0.130. The van der Waals surface area contributed by atoms with Gasteiger partial charge in [0.25, 0.3) is 0 Å². The van der Waals surface area contributed by atoms with Crippen LogP contribution >= 0.6 is 0 Å². The lowest BCUT2D eigenvalue weighted by Crippen LogP contribution is -2.41. The maximum Gasteiger partial charge on any atom is 0.0948 e. The average Bonchev–Trinajstić information content (AvgIpc) is 1.82. The van der Waals surface area contributed by atoms with Crippen molar-refractivity contribution in [2.24, 2.45) is 0 Å². The number of quaternary nitrogens is 1. The molecule has 5 heteroatoms. The van der Waals surface area contributed by atoms with Gasteiger partial charge in [-0.15, -0.1) is 0 Å². The van der Waals surface area contributed by atoms with Crippen molar-refractivity contribution < 1.29 is 17.5 Å². The summed E-state index contributed by atoms with van der Waals surface area (Å²) in [5, 5.41) is 0. The Balaban J connectivity index is 3.76. The third-order valence-electron chi connectivity index (χ3n) is 1.99. The van der Waals surface area contributed by atoms with Crippen LogP contribution in [0.25, 0.3) is 0 Å². The Morgan fingerprint density at radius 2 is 1.77 bits per heavy atom. The van der Waals surface area contributed by atoms with E-state index >= 15 is 0 Å². The summed E-state index contributed by atoms with van der Waals surface area (Å²) in [5.41, 5.74) is 0. The molecule has 0 aliphatic rings. The molecule has 0 aromatic rings. The standard InChI is InChI=1S/C8H19NO3S/c1-4-6-9(2,3)7-5-8-13(10,11)12/h4-8H2,1-3H3. The van der Waals surface area contributed by atoms with E-state index in [4.69, 9.17) is 0 Å². The molecule has 0 N–H and O–H groups in total. The predicted molar refractivity (Wildman–Crippen MR) is 51.3 cm³/mol. The van der Waals surface area contributed by atoms with Gasteiger partial charge in [-0.1, -0.05) is 6.92 Å². The van der Waals surface area contributed by atoms with Crippen molar-refractivity contribution in [2.75, 3.05) is 32.9 Å². The zero-order valence-corrected chi connectivity index (χ0v) is 9.43. The average molecular weight is 209 g/mol. The molecule has 0 bridgehead atoms. The van der Waals surface area contributed by atoms with Gasteiger partial charge in [-0.25, -0.2) is 8.42 Å². The highest BCUT2D eigenvalue weighted by Gasteiger charge is 2.13. The van der Waals surface area contributed by atoms with Gasteiger partial charge in [0.1, 0.15) is 0 Å². The van der Waals surface area contributed by atoms with Crippen LogP contribution in [0.1, 0.15) is 19.8 Å². The van der Waals surface area contributed by atoms with Crippen molar-refractivity contribution >= 4 is 10.1 Å². The fourth-order valence-electron chi connectivity index (χ4n) is 1.39. The van der Waals surface area contributed by atoms with Gasteiger partial charge in [-0.3, -0.25) is 0 Å². The van der Waals surface area contributed by atoms with Crippen LogP contribution in [-0.2, 0) is 10.1 Å². The van der Waals surface area contributed by atoms with Crippen LogP contribution < -0.4 is 0 Å². The first-order valence-corrected chi connectivity index (χ1v) is 6.10. The van der Waals surface area contributed by atoms with Crippen molar-refractivity contribution in [3.63, 3.8) is 0 Å². The van der Waals surface area contributed by atoms with Crippen molar-refractivity contribution in [3.05, 3.63) is 0 Å². The summed E-state index contributed by atoms with van der Waals surface area (Å²) < 4.78 is 31.7. The summed E-state index contributed by atoms with van der Waals surface area (Å²) in [6.45, 7) is 3.85. The summed E-state index contributed by atoms with van der Waals surface area (Å²) in [4.78, 5) is 0. The minimum atomic E-state index is -4.02. The predicted octanol–water partition coefficient (Wildman–Crippen LogP) is 0.408. The molecule has 0 rings (SSSR count). The lowest BCUT2D eigenvalue weighted by atomic mass is 10.3. The smallest absolute Gasteiger partial charge is 0.0948 e. The number of hydrogen-bond donors (Lipinski definition) is 0. The highest BCUT2D eigenvalue weighted by atomic mass is 32.2. The lowest BCUT2D eigenvalue weighted by Gasteiger charge is -2.29. The van der Waals surface area contributed by atoms with Crippen molar-refractivity contribution in [3.8, 4) is 0 Å². The second kappa shape index (κ2) is 4.93. The number of nitrogens with zero attached hydrogens (tertiary/aromatic N) is 1. The molecule has 0 aliphatic heterocycles. The lowest BCUT2D eigenvalue weighted by molar-refractivity contribution is -0.890. The molecule has 0 saturated carbocycles. The van der Waals surface area contributed by atoms with E-state index in [-0.39, 0.29) is 5.75 Å². The Bertz CT molecular complexity index is 234. The molecule has 0 aromatic carbocycles.